The fourth-order valence-corrected chi connectivity index (χ4v) is 2.99. The molecule has 0 aromatic heterocycles. The lowest BCUT2D eigenvalue weighted by Gasteiger charge is -2.34. The monoisotopic (exact) mass is 284 g/mol. The van der Waals surface area contributed by atoms with Crippen molar-refractivity contribution in [3.05, 3.63) is 0 Å². The number of urea groups is 1. The SMILES string of the molecule is CC(CNC(=O)NC1CCCCC1C(C)C)CC(=O)O. The highest BCUT2D eigenvalue weighted by atomic mass is 16.4. The zero-order chi connectivity index (χ0) is 15.1. The molecular formula is C15H28N2O3. The highest BCUT2D eigenvalue weighted by molar-refractivity contribution is 5.74. The number of hydrogen-bond acceptors (Lipinski definition) is 2. The minimum atomic E-state index is -0.827. The Labute approximate surface area is 121 Å². The van der Waals surface area contributed by atoms with Gasteiger partial charge in [-0.05, 0) is 30.6 Å². The Balaban J connectivity index is 2.35. The molecule has 5 heteroatoms. The molecule has 0 bridgehead atoms. The van der Waals surface area contributed by atoms with Crippen molar-refractivity contribution in [1.29, 1.82) is 0 Å². The molecule has 5 nitrogen and oxygen atoms in total. The number of carboxylic acid groups (broad SMARTS) is 1. The third kappa shape index (κ3) is 5.80. The van der Waals surface area contributed by atoms with Crippen molar-refractivity contribution in [3.63, 3.8) is 0 Å². The maximum absolute atomic E-state index is 11.9. The van der Waals surface area contributed by atoms with E-state index in [1.165, 1.54) is 19.3 Å². The van der Waals surface area contributed by atoms with Crippen LogP contribution < -0.4 is 10.6 Å². The Hall–Kier alpha value is -1.26. The van der Waals surface area contributed by atoms with Gasteiger partial charge in [-0.3, -0.25) is 4.79 Å². The highest BCUT2D eigenvalue weighted by Gasteiger charge is 2.28. The van der Waals surface area contributed by atoms with Gasteiger partial charge < -0.3 is 15.7 Å². The van der Waals surface area contributed by atoms with Crippen LogP contribution in [0.3, 0.4) is 0 Å². The van der Waals surface area contributed by atoms with Crippen LogP contribution >= 0.6 is 0 Å². The molecule has 1 aliphatic carbocycles. The number of carbonyl (C=O) groups is 2. The molecule has 0 radical (unpaired) electrons. The topological polar surface area (TPSA) is 78.4 Å². The number of amides is 2. The molecule has 0 saturated heterocycles. The molecule has 3 N–H and O–H groups in total. The Morgan fingerprint density at radius 1 is 1.20 bits per heavy atom. The molecule has 0 aliphatic heterocycles. The van der Waals surface area contributed by atoms with Gasteiger partial charge in [0.2, 0.25) is 0 Å². The van der Waals surface area contributed by atoms with E-state index in [9.17, 15) is 9.59 Å². The van der Waals surface area contributed by atoms with Crippen molar-refractivity contribution < 1.29 is 14.7 Å². The van der Waals surface area contributed by atoms with Gasteiger partial charge in [0, 0.05) is 19.0 Å². The molecule has 3 unspecified atom stereocenters. The fraction of sp³-hybridized carbons (Fsp3) is 0.867. The van der Waals surface area contributed by atoms with E-state index in [-0.39, 0.29) is 24.4 Å². The maximum atomic E-state index is 11.9. The third-order valence-corrected chi connectivity index (χ3v) is 4.13. The number of hydrogen-bond donors (Lipinski definition) is 3. The number of aliphatic carboxylic acids is 1. The van der Waals surface area contributed by atoms with Gasteiger partial charge in [-0.1, -0.05) is 33.6 Å². The smallest absolute Gasteiger partial charge is 0.315 e. The standard InChI is InChI=1S/C15H28N2O3/c1-10(2)12-6-4-5-7-13(12)17-15(20)16-9-11(3)8-14(18)19/h10-13H,4-9H2,1-3H3,(H,18,19)(H2,16,17,20). The van der Waals surface area contributed by atoms with E-state index in [1.54, 1.807) is 0 Å². The van der Waals surface area contributed by atoms with Crippen LogP contribution in [0.4, 0.5) is 4.79 Å². The van der Waals surface area contributed by atoms with E-state index in [4.69, 9.17) is 5.11 Å². The summed E-state index contributed by atoms with van der Waals surface area (Å²) in [5.41, 5.74) is 0. The second-order valence-corrected chi connectivity index (χ2v) is 6.36. The summed E-state index contributed by atoms with van der Waals surface area (Å²) in [6.07, 6.45) is 4.72. The zero-order valence-corrected chi connectivity index (χ0v) is 12.8. The van der Waals surface area contributed by atoms with E-state index in [0.29, 0.717) is 18.4 Å². The lowest BCUT2D eigenvalue weighted by atomic mass is 9.78. The van der Waals surface area contributed by atoms with E-state index in [0.717, 1.165) is 6.42 Å². The summed E-state index contributed by atoms with van der Waals surface area (Å²) in [5.74, 6) is 0.245. The number of rotatable bonds is 6. The maximum Gasteiger partial charge on any atom is 0.315 e. The van der Waals surface area contributed by atoms with Crippen LogP contribution in [-0.2, 0) is 4.79 Å². The lowest BCUT2D eigenvalue weighted by Crippen LogP contribution is -2.48. The molecule has 1 rings (SSSR count). The highest BCUT2D eigenvalue weighted by Crippen LogP contribution is 2.30. The first kappa shape index (κ1) is 16.8. The lowest BCUT2D eigenvalue weighted by molar-refractivity contribution is -0.137. The van der Waals surface area contributed by atoms with Gasteiger partial charge in [-0.25, -0.2) is 4.79 Å². The Morgan fingerprint density at radius 2 is 1.85 bits per heavy atom. The van der Waals surface area contributed by atoms with Crippen LogP contribution in [-0.4, -0.2) is 29.7 Å². The van der Waals surface area contributed by atoms with Gasteiger partial charge in [0.25, 0.3) is 0 Å². The molecule has 0 heterocycles. The third-order valence-electron chi connectivity index (χ3n) is 4.13. The number of carboxylic acids is 1. The predicted molar refractivity (Wildman–Crippen MR) is 78.5 cm³/mol. The normalized spacial score (nSPS) is 24.2. The average Bonchev–Trinajstić information content (AvgIpc) is 2.36. The molecule has 0 spiro atoms. The van der Waals surface area contributed by atoms with Crippen molar-refractivity contribution in [1.82, 2.24) is 10.6 Å². The summed E-state index contributed by atoms with van der Waals surface area (Å²) in [7, 11) is 0. The van der Waals surface area contributed by atoms with Crippen LogP contribution in [0.1, 0.15) is 52.9 Å². The molecule has 20 heavy (non-hydrogen) atoms. The second-order valence-electron chi connectivity index (χ2n) is 6.36. The summed E-state index contributed by atoms with van der Waals surface area (Å²) < 4.78 is 0. The van der Waals surface area contributed by atoms with Crippen LogP contribution in [0, 0.1) is 17.8 Å². The van der Waals surface area contributed by atoms with E-state index in [1.807, 2.05) is 6.92 Å². The summed E-state index contributed by atoms with van der Waals surface area (Å²) >= 11 is 0. The van der Waals surface area contributed by atoms with Gasteiger partial charge in [0.15, 0.2) is 0 Å². The minimum absolute atomic E-state index is 0.0505. The van der Waals surface area contributed by atoms with Crippen LogP contribution in [0.15, 0.2) is 0 Å². The van der Waals surface area contributed by atoms with Crippen LogP contribution in [0.5, 0.6) is 0 Å². The van der Waals surface area contributed by atoms with Crippen molar-refractivity contribution in [2.24, 2.45) is 17.8 Å². The molecule has 116 valence electrons. The first-order valence-electron chi connectivity index (χ1n) is 7.66. The number of carbonyl (C=O) groups excluding carboxylic acids is 1. The summed E-state index contributed by atoms with van der Waals surface area (Å²) in [4.78, 5) is 22.5. The van der Waals surface area contributed by atoms with E-state index < -0.39 is 5.97 Å². The molecule has 2 amide bonds. The second kappa shape index (κ2) is 8.12. The molecule has 1 fully saturated rings. The first-order chi connectivity index (χ1) is 9.40. The van der Waals surface area contributed by atoms with Crippen molar-refractivity contribution >= 4 is 12.0 Å². The fourth-order valence-electron chi connectivity index (χ4n) is 2.99. The molecular weight excluding hydrogens is 256 g/mol. The largest absolute Gasteiger partial charge is 0.481 e. The van der Waals surface area contributed by atoms with E-state index >= 15 is 0 Å². The zero-order valence-electron chi connectivity index (χ0n) is 12.8. The molecule has 1 aliphatic rings. The van der Waals surface area contributed by atoms with Crippen molar-refractivity contribution in [2.75, 3.05) is 6.54 Å². The summed E-state index contributed by atoms with van der Waals surface area (Å²) in [6, 6.07) is 0.0818. The minimum Gasteiger partial charge on any atom is -0.481 e. The quantitative estimate of drug-likeness (QED) is 0.701. The van der Waals surface area contributed by atoms with Crippen molar-refractivity contribution in [2.45, 2.75) is 58.9 Å². The average molecular weight is 284 g/mol. The molecule has 1 saturated carbocycles. The summed E-state index contributed by atoms with van der Waals surface area (Å²) in [6.45, 7) is 6.64. The molecule has 3 atom stereocenters. The van der Waals surface area contributed by atoms with Crippen LogP contribution in [0.25, 0.3) is 0 Å². The number of nitrogens with one attached hydrogen (secondary N) is 2. The van der Waals surface area contributed by atoms with Gasteiger partial charge >= 0.3 is 12.0 Å². The first-order valence-corrected chi connectivity index (χ1v) is 7.66. The van der Waals surface area contributed by atoms with Crippen molar-refractivity contribution in [3.8, 4) is 0 Å². The molecule has 0 aromatic carbocycles. The van der Waals surface area contributed by atoms with Crippen LogP contribution in [0.2, 0.25) is 0 Å². The Kier molecular flexibility index (Phi) is 6.82. The molecule has 0 aromatic rings. The Morgan fingerprint density at radius 3 is 2.45 bits per heavy atom. The Bertz CT molecular complexity index is 331. The van der Waals surface area contributed by atoms with Gasteiger partial charge in [-0.15, -0.1) is 0 Å². The van der Waals surface area contributed by atoms with E-state index in [2.05, 4.69) is 24.5 Å². The van der Waals surface area contributed by atoms with Gasteiger partial charge in [-0.2, -0.15) is 0 Å². The predicted octanol–water partition coefficient (Wildman–Crippen LogP) is 2.61. The van der Waals surface area contributed by atoms with Gasteiger partial charge in [0.1, 0.15) is 0 Å². The van der Waals surface area contributed by atoms with Gasteiger partial charge in [0.05, 0.1) is 0 Å². The summed E-state index contributed by atoms with van der Waals surface area (Å²) in [5, 5.41) is 14.5.